The minimum Gasteiger partial charge on any atom is -0.496 e. The van der Waals surface area contributed by atoms with Crippen LogP contribution >= 0.6 is 11.3 Å². The molecular weight excluding hydrogens is 600 g/mol. The number of carboxylic acid groups (broad SMARTS) is 1. The first-order chi connectivity index (χ1) is 21.4. The molecule has 5 rings (SSSR count). The Bertz CT molecular complexity index is 1460. The van der Waals surface area contributed by atoms with Crippen molar-refractivity contribution in [2.24, 2.45) is 0 Å². The summed E-state index contributed by atoms with van der Waals surface area (Å²) in [5, 5.41) is 20.2. The molecule has 1 aromatic carbocycles. The third kappa shape index (κ3) is 7.26. The van der Waals surface area contributed by atoms with Crippen LogP contribution in [0.5, 0.6) is 5.75 Å². The fraction of sp³-hybridized carbons (Fsp3) is 0.562. The van der Waals surface area contributed by atoms with Gasteiger partial charge < -0.3 is 34.2 Å². The zero-order chi connectivity index (χ0) is 32.5. The van der Waals surface area contributed by atoms with Crippen molar-refractivity contribution in [3.63, 3.8) is 0 Å². The Hall–Kier alpha value is -3.68. The van der Waals surface area contributed by atoms with Crippen molar-refractivity contribution >= 4 is 35.0 Å². The molecule has 2 bridgehead atoms. The van der Waals surface area contributed by atoms with Gasteiger partial charge in [-0.2, -0.15) is 0 Å². The quantitative estimate of drug-likeness (QED) is 0.363. The molecule has 2 atom stereocenters. The number of hydrogen-bond acceptors (Lipinski definition) is 9. The van der Waals surface area contributed by atoms with Gasteiger partial charge in [0.25, 0.3) is 5.91 Å². The van der Waals surface area contributed by atoms with Crippen LogP contribution in [0.1, 0.15) is 61.0 Å². The number of piperazine rings is 1. The second kappa shape index (κ2) is 13.4. The van der Waals surface area contributed by atoms with Crippen molar-refractivity contribution in [2.45, 2.75) is 83.8 Å². The Balaban J connectivity index is 1.58. The molecule has 2 fully saturated rings. The lowest BCUT2D eigenvalue weighted by atomic mass is 9.83. The second-order valence-corrected chi connectivity index (χ2v) is 13.8. The van der Waals surface area contributed by atoms with Crippen molar-refractivity contribution in [3.8, 4) is 5.75 Å². The molecule has 3 amide bonds. The van der Waals surface area contributed by atoms with Gasteiger partial charge in [0.1, 0.15) is 16.4 Å². The van der Waals surface area contributed by atoms with Gasteiger partial charge in [-0.1, -0.05) is 12.1 Å². The normalized spacial score (nSPS) is 19.9. The standard InChI is InChI=1S/C32H42N4O8S/c1-19-20(7-6-8-25(19)42-5)15-35(21-9-10-21)29(38)28-23(26-14-33-27(45-26)18-43-12-11-37)13-22-16-34(31(41)44-32(2,3)4)17-24(28)36(22)30(39)40/h6-8,14,21-22,24,37H,9-13,15-18H2,1-5H3,(H,39,40)/t22?,24-/m1/s1. The van der Waals surface area contributed by atoms with Gasteiger partial charge in [-0.25, -0.2) is 14.6 Å². The summed E-state index contributed by atoms with van der Waals surface area (Å²) in [7, 11) is 1.61. The summed E-state index contributed by atoms with van der Waals surface area (Å²) in [5.41, 5.74) is 2.26. The highest BCUT2D eigenvalue weighted by atomic mass is 32.1. The Kier molecular flexibility index (Phi) is 9.71. The van der Waals surface area contributed by atoms with Gasteiger partial charge in [0.15, 0.2) is 0 Å². The van der Waals surface area contributed by atoms with E-state index in [9.17, 15) is 19.5 Å². The maximum atomic E-state index is 14.8. The van der Waals surface area contributed by atoms with E-state index in [-0.39, 0.29) is 51.3 Å². The summed E-state index contributed by atoms with van der Waals surface area (Å²) in [6.45, 7) is 8.07. The van der Waals surface area contributed by atoms with Crippen LogP contribution in [0.4, 0.5) is 9.59 Å². The lowest BCUT2D eigenvalue weighted by Gasteiger charge is -2.50. The van der Waals surface area contributed by atoms with Gasteiger partial charge in [0.05, 0.1) is 43.9 Å². The number of nitrogens with zero attached hydrogens (tertiary/aromatic N) is 4. The van der Waals surface area contributed by atoms with E-state index in [1.165, 1.54) is 21.1 Å². The summed E-state index contributed by atoms with van der Waals surface area (Å²) in [5.74, 6) is 0.482. The van der Waals surface area contributed by atoms with Crippen molar-refractivity contribution in [3.05, 3.63) is 51.0 Å². The minimum absolute atomic E-state index is 0.00967. The zero-order valence-electron chi connectivity index (χ0n) is 26.4. The number of aromatic nitrogens is 1. The molecule has 2 N–H and O–H groups in total. The van der Waals surface area contributed by atoms with Crippen LogP contribution in [0.3, 0.4) is 0 Å². The van der Waals surface area contributed by atoms with Crippen LogP contribution in [0.2, 0.25) is 0 Å². The number of thiazole rings is 1. The number of benzene rings is 1. The minimum atomic E-state index is -1.14. The number of carbonyl (C=O) groups excluding carboxylic acids is 2. The number of amides is 3. The number of aliphatic hydroxyl groups excluding tert-OH is 1. The summed E-state index contributed by atoms with van der Waals surface area (Å²) >= 11 is 1.39. The number of fused-ring (bicyclic) bond motifs is 2. The molecule has 2 aromatic rings. The maximum Gasteiger partial charge on any atom is 0.410 e. The van der Waals surface area contributed by atoms with Gasteiger partial charge in [-0.3, -0.25) is 9.69 Å². The molecule has 1 saturated heterocycles. The van der Waals surface area contributed by atoms with E-state index in [4.69, 9.17) is 19.3 Å². The van der Waals surface area contributed by atoms with E-state index in [0.717, 1.165) is 40.2 Å². The molecule has 2 aliphatic heterocycles. The monoisotopic (exact) mass is 642 g/mol. The average molecular weight is 643 g/mol. The van der Waals surface area contributed by atoms with E-state index in [1.54, 1.807) is 34.1 Å². The van der Waals surface area contributed by atoms with Crippen LogP contribution in [-0.2, 0) is 27.4 Å². The van der Waals surface area contributed by atoms with Gasteiger partial charge in [0.2, 0.25) is 0 Å². The number of rotatable bonds is 10. The van der Waals surface area contributed by atoms with Crippen molar-refractivity contribution in [1.29, 1.82) is 0 Å². The van der Waals surface area contributed by atoms with Crippen LogP contribution < -0.4 is 4.74 Å². The zero-order valence-corrected chi connectivity index (χ0v) is 27.3. The first kappa shape index (κ1) is 32.7. The van der Waals surface area contributed by atoms with Gasteiger partial charge in [0, 0.05) is 37.4 Å². The van der Waals surface area contributed by atoms with E-state index >= 15 is 0 Å². The third-order valence-electron chi connectivity index (χ3n) is 8.27. The molecule has 1 aromatic heterocycles. The second-order valence-electron chi connectivity index (χ2n) is 12.6. The van der Waals surface area contributed by atoms with Crippen LogP contribution in [-0.4, -0.2) is 105 Å². The molecule has 3 aliphatic rings. The predicted octanol–water partition coefficient (Wildman–Crippen LogP) is 4.29. The molecule has 13 heteroatoms. The smallest absolute Gasteiger partial charge is 0.410 e. The molecule has 1 saturated carbocycles. The largest absolute Gasteiger partial charge is 0.496 e. The summed E-state index contributed by atoms with van der Waals surface area (Å²) in [6, 6.07) is 4.30. The average Bonchev–Trinajstić information content (AvgIpc) is 3.71. The van der Waals surface area contributed by atoms with Gasteiger partial charge in [-0.15, -0.1) is 11.3 Å². The molecule has 12 nitrogen and oxygen atoms in total. The first-order valence-corrected chi connectivity index (χ1v) is 16.0. The molecule has 0 radical (unpaired) electrons. The Labute approximate surface area is 267 Å². The van der Waals surface area contributed by atoms with Crippen LogP contribution in [0.25, 0.3) is 5.57 Å². The molecule has 45 heavy (non-hydrogen) atoms. The highest BCUT2D eigenvalue weighted by Gasteiger charge is 2.50. The molecular formula is C32H42N4O8S. The highest BCUT2D eigenvalue weighted by Crippen LogP contribution is 2.43. The number of aliphatic hydroxyl groups is 1. The topological polar surface area (TPSA) is 142 Å². The van der Waals surface area contributed by atoms with Gasteiger partial charge >= 0.3 is 12.2 Å². The third-order valence-corrected chi connectivity index (χ3v) is 9.30. The number of hydrogen-bond donors (Lipinski definition) is 2. The van der Waals surface area contributed by atoms with Crippen LogP contribution in [0.15, 0.2) is 30.0 Å². The molecule has 0 spiro atoms. The van der Waals surface area contributed by atoms with E-state index in [1.807, 2.05) is 30.0 Å². The van der Waals surface area contributed by atoms with E-state index in [0.29, 0.717) is 17.1 Å². The Morgan fingerprint density at radius 3 is 2.58 bits per heavy atom. The fourth-order valence-electron chi connectivity index (χ4n) is 6.06. The van der Waals surface area contributed by atoms with E-state index in [2.05, 4.69) is 4.98 Å². The number of ether oxygens (including phenoxy) is 3. The summed E-state index contributed by atoms with van der Waals surface area (Å²) in [4.78, 5) is 50.8. The maximum absolute atomic E-state index is 14.8. The molecule has 244 valence electrons. The highest BCUT2D eigenvalue weighted by molar-refractivity contribution is 7.12. The predicted molar refractivity (Wildman–Crippen MR) is 167 cm³/mol. The van der Waals surface area contributed by atoms with Crippen molar-refractivity contribution in [1.82, 2.24) is 19.7 Å². The Morgan fingerprint density at radius 1 is 1.18 bits per heavy atom. The molecule has 1 aliphatic carbocycles. The lowest BCUT2D eigenvalue weighted by molar-refractivity contribution is -0.129. The van der Waals surface area contributed by atoms with Crippen molar-refractivity contribution in [2.75, 3.05) is 33.4 Å². The van der Waals surface area contributed by atoms with E-state index < -0.39 is 29.9 Å². The fourth-order valence-corrected chi connectivity index (χ4v) is 6.99. The molecule has 1 unspecified atom stereocenters. The van der Waals surface area contributed by atoms with Gasteiger partial charge in [-0.05, 0) is 69.7 Å². The van der Waals surface area contributed by atoms with Crippen molar-refractivity contribution < 1.29 is 38.8 Å². The molecule has 3 heterocycles. The van der Waals surface area contributed by atoms with Crippen LogP contribution in [0, 0.1) is 6.92 Å². The first-order valence-electron chi connectivity index (χ1n) is 15.2. The Morgan fingerprint density at radius 2 is 1.93 bits per heavy atom. The lowest BCUT2D eigenvalue weighted by Crippen LogP contribution is -2.65. The SMILES string of the molecule is COc1cccc(CN(C(=O)C2=C(c3cnc(COCCO)s3)CC3CN(C(=O)OC(C)(C)C)C[C@H]2N3C(=O)O)C2CC2)c1C. The number of carbonyl (C=O) groups is 3. The summed E-state index contributed by atoms with van der Waals surface area (Å²) < 4.78 is 16.7. The number of methoxy groups -OCH3 is 1. The summed E-state index contributed by atoms with van der Waals surface area (Å²) in [6.07, 6.45) is 1.97.